The van der Waals surface area contributed by atoms with Crippen LogP contribution < -0.4 is 0 Å². The summed E-state index contributed by atoms with van der Waals surface area (Å²) in [6, 6.07) is 10.1. The van der Waals surface area contributed by atoms with Crippen molar-refractivity contribution in [1.82, 2.24) is 0 Å². The molecule has 0 fully saturated rings. The van der Waals surface area contributed by atoms with E-state index >= 15 is 0 Å². The zero-order valence-electron chi connectivity index (χ0n) is 24.0. The molecule has 0 amide bonds. The van der Waals surface area contributed by atoms with Crippen LogP contribution in [0.2, 0.25) is 0 Å². The second-order valence-electron chi connectivity index (χ2n) is 10.8. The molecule has 0 aliphatic carbocycles. The van der Waals surface area contributed by atoms with Crippen LogP contribution in [0.5, 0.6) is 0 Å². The van der Waals surface area contributed by atoms with Gasteiger partial charge in [0.05, 0.1) is 0 Å². The van der Waals surface area contributed by atoms with E-state index in [0.29, 0.717) is 18.8 Å². The molecule has 0 spiro atoms. The summed E-state index contributed by atoms with van der Waals surface area (Å²) in [6.07, 6.45) is 15.0. The highest BCUT2D eigenvalue weighted by Gasteiger charge is 2.29. The van der Waals surface area contributed by atoms with Gasteiger partial charge in [-0.3, -0.25) is 9.59 Å². The van der Waals surface area contributed by atoms with E-state index in [1.54, 1.807) is 0 Å². The smallest absolute Gasteiger partial charge is 0.306 e. The molecule has 0 aliphatic rings. The van der Waals surface area contributed by atoms with Gasteiger partial charge in [-0.05, 0) is 62.8 Å². The van der Waals surface area contributed by atoms with Crippen molar-refractivity contribution in [2.24, 2.45) is 5.92 Å². The van der Waals surface area contributed by atoms with Crippen LogP contribution in [0.1, 0.15) is 149 Å². The van der Waals surface area contributed by atoms with Crippen LogP contribution in [0.15, 0.2) is 30.3 Å². The van der Waals surface area contributed by atoms with E-state index in [-0.39, 0.29) is 23.6 Å². The first-order valence-corrected chi connectivity index (χ1v) is 14.8. The number of carbonyl (C=O) groups is 2. The molecule has 1 atom stereocenters. The number of esters is 2. The third kappa shape index (κ3) is 14.0. The summed E-state index contributed by atoms with van der Waals surface area (Å²) in [6.45, 7) is 10.9. The molecule has 0 N–H and O–H groups in total. The summed E-state index contributed by atoms with van der Waals surface area (Å²) in [7, 11) is 0. The molecule has 1 aromatic rings. The Morgan fingerprint density at radius 1 is 0.750 bits per heavy atom. The van der Waals surface area contributed by atoms with Crippen LogP contribution in [-0.2, 0) is 19.1 Å². The molecule has 1 unspecified atom stereocenters. The fourth-order valence-corrected chi connectivity index (χ4v) is 4.70. The normalized spacial score (nSPS) is 12.5. The minimum atomic E-state index is -0.269. The molecule has 36 heavy (non-hydrogen) atoms. The molecule has 0 bridgehead atoms. The fraction of sp³-hybridized carbons (Fsp3) is 0.750. The van der Waals surface area contributed by atoms with Crippen LogP contribution in [0.4, 0.5) is 0 Å². The summed E-state index contributed by atoms with van der Waals surface area (Å²) in [5, 5.41) is 0. The predicted octanol–water partition coefficient (Wildman–Crippen LogP) is 9.51. The highest BCUT2D eigenvalue weighted by atomic mass is 16.6. The predicted molar refractivity (Wildman–Crippen MR) is 150 cm³/mol. The monoisotopic (exact) mass is 502 g/mol. The molecule has 0 radical (unpaired) electrons. The largest absolute Gasteiger partial charge is 0.459 e. The highest BCUT2D eigenvalue weighted by Crippen LogP contribution is 2.29. The summed E-state index contributed by atoms with van der Waals surface area (Å²) in [5.74, 6) is 0.455. The third-order valence-corrected chi connectivity index (χ3v) is 7.32. The van der Waals surface area contributed by atoms with Crippen LogP contribution >= 0.6 is 0 Å². The van der Waals surface area contributed by atoms with Gasteiger partial charge >= 0.3 is 11.9 Å². The van der Waals surface area contributed by atoms with Crippen LogP contribution in [-0.4, -0.2) is 17.5 Å². The van der Waals surface area contributed by atoms with E-state index in [0.717, 1.165) is 82.6 Å². The Morgan fingerprint density at radius 3 is 1.89 bits per heavy atom. The van der Waals surface area contributed by atoms with E-state index in [4.69, 9.17) is 9.47 Å². The Balaban J connectivity index is 2.22. The van der Waals surface area contributed by atoms with E-state index in [9.17, 15) is 9.59 Å². The van der Waals surface area contributed by atoms with Gasteiger partial charge in [0.25, 0.3) is 0 Å². The number of hydrogen-bond acceptors (Lipinski definition) is 4. The van der Waals surface area contributed by atoms with Crippen molar-refractivity contribution in [3.63, 3.8) is 0 Å². The zero-order chi connectivity index (χ0) is 26.7. The maximum atomic E-state index is 12.5. The van der Waals surface area contributed by atoms with Crippen molar-refractivity contribution in [2.75, 3.05) is 0 Å². The van der Waals surface area contributed by atoms with E-state index in [1.807, 2.05) is 30.3 Å². The second-order valence-corrected chi connectivity index (χ2v) is 10.8. The average molecular weight is 503 g/mol. The minimum absolute atomic E-state index is 0.0385. The maximum Gasteiger partial charge on any atom is 0.306 e. The summed E-state index contributed by atoms with van der Waals surface area (Å²) < 4.78 is 11.8. The number of hydrogen-bond donors (Lipinski definition) is 0. The first kappa shape index (κ1) is 32.2. The van der Waals surface area contributed by atoms with Crippen molar-refractivity contribution >= 4 is 11.9 Å². The Bertz CT molecular complexity index is 693. The van der Waals surface area contributed by atoms with Gasteiger partial charge in [-0.1, -0.05) is 103 Å². The number of unbranched alkanes of at least 4 members (excludes halogenated alkanes) is 7. The number of benzene rings is 1. The molecule has 0 aromatic heterocycles. The lowest BCUT2D eigenvalue weighted by Gasteiger charge is -2.31. The van der Waals surface area contributed by atoms with Gasteiger partial charge in [-0.25, -0.2) is 0 Å². The Kier molecular flexibility index (Phi) is 17.3. The Morgan fingerprint density at radius 2 is 1.33 bits per heavy atom. The van der Waals surface area contributed by atoms with Crippen molar-refractivity contribution in [2.45, 2.75) is 149 Å². The van der Waals surface area contributed by atoms with E-state index < -0.39 is 0 Å². The van der Waals surface area contributed by atoms with Crippen molar-refractivity contribution in [3.8, 4) is 0 Å². The molecule has 1 aromatic carbocycles. The molecule has 206 valence electrons. The first-order chi connectivity index (χ1) is 17.4. The average Bonchev–Trinajstić information content (AvgIpc) is 2.88. The lowest BCUT2D eigenvalue weighted by molar-refractivity contribution is -0.162. The Labute approximate surface area is 221 Å². The van der Waals surface area contributed by atoms with Crippen LogP contribution in [0.25, 0.3) is 0 Å². The lowest BCUT2D eigenvalue weighted by Crippen LogP contribution is -2.33. The number of carbonyl (C=O) groups excluding carboxylic acids is 2. The van der Waals surface area contributed by atoms with Gasteiger partial charge in [0, 0.05) is 12.8 Å². The highest BCUT2D eigenvalue weighted by molar-refractivity contribution is 5.70. The van der Waals surface area contributed by atoms with Gasteiger partial charge < -0.3 is 9.47 Å². The number of rotatable bonds is 21. The summed E-state index contributed by atoms with van der Waals surface area (Å²) in [5.41, 5.74) is 0.816. The zero-order valence-corrected chi connectivity index (χ0v) is 24.0. The molecule has 0 aliphatic heterocycles. The van der Waals surface area contributed by atoms with Gasteiger partial charge in [-0.2, -0.15) is 0 Å². The lowest BCUT2D eigenvalue weighted by atomic mass is 9.90. The quantitative estimate of drug-likeness (QED) is 0.124. The van der Waals surface area contributed by atoms with Gasteiger partial charge in [-0.15, -0.1) is 0 Å². The fourth-order valence-electron chi connectivity index (χ4n) is 4.70. The van der Waals surface area contributed by atoms with E-state index in [2.05, 4.69) is 34.6 Å². The minimum Gasteiger partial charge on any atom is -0.459 e. The van der Waals surface area contributed by atoms with Gasteiger partial charge in [0.2, 0.25) is 0 Å². The number of ether oxygens (including phenoxy) is 2. The van der Waals surface area contributed by atoms with Crippen molar-refractivity contribution < 1.29 is 19.1 Å². The molecule has 1 rings (SSSR count). The van der Waals surface area contributed by atoms with Crippen LogP contribution in [0, 0.1) is 5.92 Å². The standard InChI is InChI=1S/C32H54O4/c1-6-9-19-26-32(7-2,8-3)36-31(34)23-18-13-11-10-12-17-22-30(33)35-29(25-24-27(4)5)28-20-15-14-16-21-28/h14-16,20-21,27,29H,6-13,17-19,22-26H2,1-5H3. The molecule has 4 heteroatoms. The second kappa shape index (κ2) is 19.3. The molecular weight excluding hydrogens is 448 g/mol. The maximum absolute atomic E-state index is 12.5. The SMILES string of the molecule is CCCCCC(CC)(CC)OC(=O)CCCCCCCCC(=O)OC(CCC(C)C)c1ccccc1. The topological polar surface area (TPSA) is 52.6 Å². The van der Waals surface area contributed by atoms with Crippen molar-refractivity contribution in [1.29, 1.82) is 0 Å². The summed E-state index contributed by atoms with van der Waals surface area (Å²) >= 11 is 0. The summed E-state index contributed by atoms with van der Waals surface area (Å²) in [4.78, 5) is 24.9. The van der Waals surface area contributed by atoms with E-state index in [1.165, 1.54) is 12.8 Å². The molecular formula is C32H54O4. The molecule has 0 heterocycles. The first-order valence-electron chi connectivity index (χ1n) is 14.8. The third-order valence-electron chi connectivity index (χ3n) is 7.32. The molecule has 0 saturated carbocycles. The van der Waals surface area contributed by atoms with Gasteiger partial charge in [0.15, 0.2) is 0 Å². The molecule has 0 saturated heterocycles. The Hall–Kier alpha value is -1.84. The van der Waals surface area contributed by atoms with Gasteiger partial charge in [0.1, 0.15) is 11.7 Å². The van der Waals surface area contributed by atoms with Crippen LogP contribution in [0.3, 0.4) is 0 Å². The van der Waals surface area contributed by atoms with Crippen molar-refractivity contribution in [3.05, 3.63) is 35.9 Å². The molecule has 4 nitrogen and oxygen atoms in total.